The lowest BCUT2D eigenvalue weighted by Crippen LogP contribution is -2.53. The van der Waals surface area contributed by atoms with Crippen molar-refractivity contribution in [3.8, 4) is 0 Å². The molecule has 1 saturated heterocycles. The van der Waals surface area contributed by atoms with Gasteiger partial charge in [-0.2, -0.15) is 0 Å². The fourth-order valence-electron chi connectivity index (χ4n) is 3.35. The molecule has 158 valence electrons. The van der Waals surface area contributed by atoms with E-state index in [2.05, 4.69) is 10.5 Å². The molecule has 0 aromatic heterocycles. The highest BCUT2D eigenvalue weighted by molar-refractivity contribution is 5.99. The summed E-state index contributed by atoms with van der Waals surface area (Å²) in [4.78, 5) is 27.0. The molecule has 0 saturated carbocycles. The van der Waals surface area contributed by atoms with Crippen molar-refractivity contribution in [1.29, 1.82) is 0 Å². The molecule has 1 unspecified atom stereocenters. The van der Waals surface area contributed by atoms with Gasteiger partial charge < -0.3 is 25.9 Å². The molecule has 1 aliphatic rings. The summed E-state index contributed by atoms with van der Waals surface area (Å²) in [6, 6.07) is 16.1. The van der Waals surface area contributed by atoms with Gasteiger partial charge in [0.15, 0.2) is 5.84 Å². The first-order chi connectivity index (χ1) is 14.6. The molecule has 8 heteroatoms. The summed E-state index contributed by atoms with van der Waals surface area (Å²) in [5.74, 6) is -0.223. The number of carbonyl (C=O) groups is 2. The van der Waals surface area contributed by atoms with Gasteiger partial charge in [-0.05, 0) is 24.1 Å². The van der Waals surface area contributed by atoms with Crippen LogP contribution in [0.15, 0.2) is 59.8 Å². The number of hydrogen-bond donors (Lipinski definition) is 3. The van der Waals surface area contributed by atoms with Gasteiger partial charge in [0.2, 0.25) is 5.91 Å². The number of oxime groups is 1. The van der Waals surface area contributed by atoms with Gasteiger partial charge in [-0.3, -0.25) is 9.59 Å². The van der Waals surface area contributed by atoms with Crippen LogP contribution < -0.4 is 11.1 Å². The van der Waals surface area contributed by atoms with Crippen LogP contribution in [-0.4, -0.2) is 60.1 Å². The van der Waals surface area contributed by atoms with E-state index in [4.69, 9.17) is 15.7 Å². The minimum atomic E-state index is -0.261. The molecule has 1 heterocycles. The number of amides is 2. The minimum Gasteiger partial charge on any atom is -0.409 e. The Bertz CT molecular complexity index is 884. The maximum atomic E-state index is 12.7. The number of amidine groups is 1. The summed E-state index contributed by atoms with van der Waals surface area (Å²) >= 11 is 0. The second-order valence-electron chi connectivity index (χ2n) is 7.07. The van der Waals surface area contributed by atoms with Gasteiger partial charge in [0.05, 0.1) is 19.3 Å². The highest BCUT2D eigenvalue weighted by Gasteiger charge is 2.27. The fourth-order valence-corrected chi connectivity index (χ4v) is 3.35. The Balaban J connectivity index is 1.54. The number of ether oxygens (including phenoxy) is 1. The third-order valence-electron chi connectivity index (χ3n) is 5.07. The monoisotopic (exact) mass is 410 g/mol. The van der Waals surface area contributed by atoms with Crippen molar-refractivity contribution in [2.75, 3.05) is 26.3 Å². The summed E-state index contributed by atoms with van der Waals surface area (Å²) in [6.07, 6.45) is 1.10. The Hall–Kier alpha value is -3.39. The average Bonchev–Trinajstić information content (AvgIpc) is 2.81. The standard InChI is InChI=1S/C22H26N4O4/c23-21(25-29)17-7-9-18(10-8-17)22(28)24-14-19-15-30-13-12-26(19)20(27)11-6-16-4-2-1-3-5-16/h1-5,7-10,19,29H,6,11-15H2,(H2,23,25)(H,24,28). The number of aryl methyl sites for hydroxylation is 1. The van der Waals surface area contributed by atoms with E-state index >= 15 is 0 Å². The molecular weight excluding hydrogens is 384 g/mol. The average molecular weight is 410 g/mol. The molecular formula is C22H26N4O4. The molecule has 2 amide bonds. The molecule has 8 nitrogen and oxygen atoms in total. The normalized spacial score (nSPS) is 16.9. The van der Waals surface area contributed by atoms with E-state index in [1.54, 1.807) is 29.2 Å². The Kier molecular flexibility index (Phi) is 7.40. The van der Waals surface area contributed by atoms with Crippen molar-refractivity contribution in [2.24, 2.45) is 10.9 Å². The maximum Gasteiger partial charge on any atom is 0.251 e. The van der Waals surface area contributed by atoms with Gasteiger partial charge in [-0.25, -0.2) is 0 Å². The van der Waals surface area contributed by atoms with Gasteiger partial charge in [0, 0.05) is 30.6 Å². The van der Waals surface area contributed by atoms with E-state index in [1.807, 2.05) is 30.3 Å². The lowest BCUT2D eigenvalue weighted by Gasteiger charge is -2.35. The number of benzene rings is 2. The zero-order chi connectivity index (χ0) is 21.3. The molecule has 4 N–H and O–H groups in total. The third kappa shape index (κ3) is 5.57. The molecule has 1 atom stereocenters. The maximum absolute atomic E-state index is 12.7. The Labute approximate surface area is 175 Å². The van der Waals surface area contributed by atoms with Crippen LogP contribution in [0.4, 0.5) is 0 Å². The van der Waals surface area contributed by atoms with E-state index in [9.17, 15) is 9.59 Å². The van der Waals surface area contributed by atoms with Crippen molar-refractivity contribution in [3.05, 3.63) is 71.3 Å². The highest BCUT2D eigenvalue weighted by Crippen LogP contribution is 2.12. The molecule has 2 aromatic carbocycles. The highest BCUT2D eigenvalue weighted by atomic mass is 16.5. The predicted octanol–water partition coefficient (Wildman–Crippen LogP) is 1.37. The zero-order valence-electron chi connectivity index (χ0n) is 16.7. The fraction of sp³-hybridized carbons (Fsp3) is 0.318. The Morgan fingerprint density at radius 2 is 1.83 bits per heavy atom. The number of morpholine rings is 1. The molecule has 2 aromatic rings. The van der Waals surface area contributed by atoms with Gasteiger partial charge in [0.25, 0.3) is 5.91 Å². The topological polar surface area (TPSA) is 117 Å². The van der Waals surface area contributed by atoms with Crippen molar-refractivity contribution >= 4 is 17.6 Å². The van der Waals surface area contributed by atoms with Crippen molar-refractivity contribution in [3.63, 3.8) is 0 Å². The first kappa shape index (κ1) is 21.3. The molecule has 0 bridgehead atoms. The molecule has 30 heavy (non-hydrogen) atoms. The third-order valence-corrected chi connectivity index (χ3v) is 5.07. The molecule has 1 aliphatic heterocycles. The first-order valence-electron chi connectivity index (χ1n) is 9.86. The number of carbonyl (C=O) groups excluding carboxylic acids is 2. The number of nitrogens with zero attached hydrogens (tertiary/aromatic N) is 2. The number of nitrogens with one attached hydrogen (secondary N) is 1. The SMILES string of the molecule is N/C(=N\O)c1ccc(C(=O)NCC2COCCN2C(=O)CCc2ccccc2)cc1. The Morgan fingerprint density at radius 1 is 1.13 bits per heavy atom. The van der Waals surface area contributed by atoms with Crippen LogP contribution in [-0.2, 0) is 16.0 Å². The lowest BCUT2D eigenvalue weighted by atomic mass is 10.1. The molecule has 1 fully saturated rings. The van der Waals surface area contributed by atoms with E-state index in [1.165, 1.54) is 0 Å². The van der Waals surface area contributed by atoms with Crippen LogP contribution >= 0.6 is 0 Å². The zero-order valence-corrected chi connectivity index (χ0v) is 16.7. The van der Waals surface area contributed by atoms with Gasteiger partial charge >= 0.3 is 0 Å². The second-order valence-corrected chi connectivity index (χ2v) is 7.07. The molecule has 0 aliphatic carbocycles. The van der Waals surface area contributed by atoms with Crippen LogP contribution in [0.1, 0.15) is 27.9 Å². The van der Waals surface area contributed by atoms with Gasteiger partial charge in [-0.1, -0.05) is 47.6 Å². The van der Waals surface area contributed by atoms with E-state index in [0.29, 0.717) is 50.3 Å². The van der Waals surface area contributed by atoms with Gasteiger partial charge in [0.1, 0.15) is 0 Å². The summed E-state index contributed by atoms with van der Waals surface area (Å²) in [6.45, 7) is 1.71. The van der Waals surface area contributed by atoms with Crippen molar-refractivity contribution in [1.82, 2.24) is 10.2 Å². The second kappa shape index (κ2) is 10.4. The first-order valence-corrected chi connectivity index (χ1v) is 9.86. The van der Waals surface area contributed by atoms with E-state index in [-0.39, 0.29) is 23.7 Å². The van der Waals surface area contributed by atoms with Crippen molar-refractivity contribution < 1.29 is 19.5 Å². The lowest BCUT2D eigenvalue weighted by molar-refractivity contribution is -0.139. The number of rotatable bonds is 7. The molecule has 0 radical (unpaired) electrons. The van der Waals surface area contributed by atoms with E-state index in [0.717, 1.165) is 5.56 Å². The quantitative estimate of drug-likeness (QED) is 0.276. The minimum absolute atomic E-state index is 0.0223. The summed E-state index contributed by atoms with van der Waals surface area (Å²) in [5, 5.41) is 14.5. The number of nitrogens with two attached hydrogens (primary N) is 1. The van der Waals surface area contributed by atoms with Crippen LogP contribution in [0.3, 0.4) is 0 Å². The van der Waals surface area contributed by atoms with Crippen molar-refractivity contribution in [2.45, 2.75) is 18.9 Å². The van der Waals surface area contributed by atoms with Crippen LogP contribution in [0.2, 0.25) is 0 Å². The van der Waals surface area contributed by atoms with Crippen LogP contribution in [0.25, 0.3) is 0 Å². The summed E-state index contributed by atoms with van der Waals surface area (Å²) in [5.41, 5.74) is 7.62. The molecule has 3 rings (SSSR count). The summed E-state index contributed by atoms with van der Waals surface area (Å²) in [7, 11) is 0. The van der Waals surface area contributed by atoms with E-state index < -0.39 is 0 Å². The predicted molar refractivity (Wildman–Crippen MR) is 112 cm³/mol. The van der Waals surface area contributed by atoms with Crippen LogP contribution in [0, 0.1) is 0 Å². The van der Waals surface area contributed by atoms with Gasteiger partial charge in [-0.15, -0.1) is 0 Å². The number of hydrogen-bond acceptors (Lipinski definition) is 5. The largest absolute Gasteiger partial charge is 0.409 e. The van der Waals surface area contributed by atoms with Crippen LogP contribution in [0.5, 0.6) is 0 Å². The Morgan fingerprint density at radius 3 is 2.53 bits per heavy atom. The smallest absolute Gasteiger partial charge is 0.251 e. The molecule has 0 spiro atoms. The summed E-state index contributed by atoms with van der Waals surface area (Å²) < 4.78 is 5.52.